The van der Waals surface area contributed by atoms with Crippen LogP contribution >= 0.6 is 11.6 Å². The van der Waals surface area contributed by atoms with E-state index in [0.29, 0.717) is 21.9 Å². The molecule has 2 aromatic carbocycles. The maximum atomic E-state index is 12.1. The molecule has 2 aromatic rings. The quantitative estimate of drug-likeness (QED) is 0.616. The summed E-state index contributed by atoms with van der Waals surface area (Å²) in [5.41, 5.74) is 8.82. The molecule has 0 atom stereocenters. The minimum Gasteiger partial charge on any atom is -0.490 e. The lowest BCUT2D eigenvalue weighted by Crippen LogP contribution is -2.34. The Kier molecular flexibility index (Phi) is 7.20. The van der Waals surface area contributed by atoms with Gasteiger partial charge in [0.2, 0.25) is 5.91 Å². The first-order valence-electron chi connectivity index (χ1n) is 11.5. The van der Waals surface area contributed by atoms with Crippen molar-refractivity contribution in [3.05, 3.63) is 58.1 Å². The van der Waals surface area contributed by atoms with Gasteiger partial charge in [0.25, 0.3) is 0 Å². The Morgan fingerprint density at radius 1 is 1.09 bits per heavy atom. The van der Waals surface area contributed by atoms with Crippen molar-refractivity contribution in [3.8, 4) is 11.8 Å². The van der Waals surface area contributed by atoms with E-state index < -0.39 is 5.91 Å². The fourth-order valence-corrected chi connectivity index (χ4v) is 5.16. The molecule has 172 valence electrons. The molecular weight excluding hydrogens is 438 g/mol. The van der Waals surface area contributed by atoms with E-state index in [1.54, 1.807) is 18.2 Å². The molecular formula is C26H28ClN3O3. The number of piperidine rings is 1. The number of halogens is 1. The van der Waals surface area contributed by atoms with Crippen molar-refractivity contribution in [1.82, 2.24) is 0 Å². The Labute approximate surface area is 199 Å². The van der Waals surface area contributed by atoms with Gasteiger partial charge in [-0.25, -0.2) is 0 Å². The van der Waals surface area contributed by atoms with Gasteiger partial charge >= 0.3 is 0 Å². The second-order valence-electron chi connectivity index (χ2n) is 8.94. The predicted octanol–water partition coefficient (Wildman–Crippen LogP) is 4.83. The van der Waals surface area contributed by atoms with E-state index in [4.69, 9.17) is 27.3 Å². The number of nitrogens with zero attached hydrogens (tertiary/aromatic N) is 2. The van der Waals surface area contributed by atoms with Crippen molar-refractivity contribution < 1.29 is 14.3 Å². The largest absolute Gasteiger partial charge is 0.490 e. The number of benzene rings is 2. The molecule has 2 fully saturated rings. The van der Waals surface area contributed by atoms with Gasteiger partial charge < -0.3 is 20.2 Å². The third-order valence-corrected chi connectivity index (χ3v) is 7.19. The monoisotopic (exact) mass is 465 g/mol. The van der Waals surface area contributed by atoms with Gasteiger partial charge in [0, 0.05) is 36.3 Å². The summed E-state index contributed by atoms with van der Waals surface area (Å²) >= 11 is 6.13. The fourth-order valence-electron chi connectivity index (χ4n) is 4.95. The maximum Gasteiger partial charge on any atom is 0.248 e. The van der Waals surface area contributed by atoms with Gasteiger partial charge in [0.15, 0.2) is 0 Å². The molecule has 4 rings (SSSR count). The third-order valence-electron chi connectivity index (χ3n) is 6.88. The Balaban J connectivity index is 1.44. The number of carbonyl (C=O) groups excluding carboxylic acids is 2. The molecule has 1 heterocycles. The molecule has 0 spiro atoms. The predicted molar refractivity (Wildman–Crippen MR) is 128 cm³/mol. The normalized spacial score (nSPS) is 21.3. The van der Waals surface area contributed by atoms with Crippen molar-refractivity contribution in [2.75, 3.05) is 18.0 Å². The zero-order chi connectivity index (χ0) is 23.4. The molecule has 1 amide bonds. The minimum absolute atomic E-state index is 0.0628. The van der Waals surface area contributed by atoms with Crippen LogP contribution in [0.3, 0.4) is 0 Å². The Hall–Kier alpha value is -3.04. The van der Waals surface area contributed by atoms with Crippen molar-refractivity contribution in [3.63, 3.8) is 0 Å². The highest BCUT2D eigenvalue weighted by molar-refractivity contribution is 6.31. The van der Waals surface area contributed by atoms with Crippen LogP contribution in [0, 0.1) is 17.2 Å². The molecule has 1 saturated carbocycles. The smallest absolute Gasteiger partial charge is 0.248 e. The number of primary amides is 1. The number of amides is 1. The highest BCUT2D eigenvalue weighted by Crippen LogP contribution is 2.38. The van der Waals surface area contributed by atoms with E-state index in [1.807, 2.05) is 12.1 Å². The van der Waals surface area contributed by atoms with Crippen molar-refractivity contribution in [1.29, 1.82) is 5.26 Å². The number of anilines is 1. The maximum absolute atomic E-state index is 12.1. The first kappa shape index (κ1) is 23.1. The van der Waals surface area contributed by atoms with Crippen molar-refractivity contribution in [2.24, 2.45) is 11.7 Å². The highest BCUT2D eigenvalue weighted by atomic mass is 35.5. The molecule has 33 heavy (non-hydrogen) atoms. The Bertz CT molecular complexity index is 1060. The van der Waals surface area contributed by atoms with Gasteiger partial charge in [0.05, 0.1) is 16.7 Å². The second kappa shape index (κ2) is 10.3. The minimum atomic E-state index is -0.401. The van der Waals surface area contributed by atoms with Crippen molar-refractivity contribution in [2.45, 2.75) is 50.5 Å². The summed E-state index contributed by atoms with van der Waals surface area (Å²) in [5.74, 6) is 0.652. The van der Waals surface area contributed by atoms with Crippen LogP contribution in [-0.4, -0.2) is 31.4 Å². The lowest BCUT2D eigenvalue weighted by Gasteiger charge is -2.34. The summed E-state index contributed by atoms with van der Waals surface area (Å²) in [6, 6.07) is 13.1. The lowest BCUT2D eigenvalue weighted by molar-refractivity contribution is -0.111. The molecule has 0 bridgehead atoms. The number of hydrogen-bond acceptors (Lipinski definition) is 5. The molecule has 0 unspecified atom stereocenters. The number of aldehydes is 1. The molecule has 1 aliphatic carbocycles. The zero-order valence-corrected chi connectivity index (χ0v) is 19.3. The SMILES string of the molecule is N#Cc1ccc(OC2CCC(c3cc(N4CCC(C=O)CC4)ccc3C(N)=O)CC2)cc1Cl. The van der Waals surface area contributed by atoms with Crippen LogP contribution in [0.15, 0.2) is 36.4 Å². The first-order valence-corrected chi connectivity index (χ1v) is 11.9. The van der Waals surface area contributed by atoms with E-state index in [9.17, 15) is 9.59 Å². The third kappa shape index (κ3) is 5.31. The van der Waals surface area contributed by atoms with Crippen LogP contribution < -0.4 is 15.4 Å². The highest BCUT2D eigenvalue weighted by Gasteiger charge is 2.28. The lowest BCUT2D eigenvalue weighted by atomic mass is 9.80. The summed E-state index contributed by atoms with van der Waals surface area (Å²) in [6.07, 6.45) is 6.34. The number of carbonyl (C=O) groups is 2. The molecule has 0 aromatic heterocycles. The van der Waals surface area contributed by atoms with Crippen molar-refractivity contribution >= 4 is 29.5 Å². The summed E-state index contributed by atoms with van der Waals surface area (Å²) < 4.78 is 6.11. The molecule has 2 aliphatic rings. The molecule has 2 N–H and O–H groups in total. The van der Waals surface area contributed by atoms with E-state index in [0.717, 1.165) is 69.2 Å². The van der Waals surface area contributed by atoms with Gasteiger partial charge in [0.1, 0.15) is 18.1 Å². The molecule has 0 radical (unpaired) electrons. The van der Waals surface area contributed by atoms with Crippen LogP contribution in [0.1, 0.15) is 65.9 Å². The van der Waals surface area contributed by atoms with Crippen LogP contribution in [-0.2, 0) is 4.79 Å². The number of ether oxygens (including phenoxy) is 1. The van der Waals surface area contributed by atoms with Gasteiger partial charge in [-0.2, -0.15) is 5.26 Å². The molecule has 1 saturated heterocycles. The summed E-state index contributed by atoms with van der Waals surface area (Å²) in [7, 11) is 0. The standard InChI is InChI=1S/C26H28ClN3O3/c27-25-14-22(7-3-19(25)15-28)33-21-5-1-18(2-6-21)24-13-20(4-8-23(24)26(29)32)30-11-9-17(16-31)10-12-30/h3-4,7-8,13-14,16-18,21H,1-2,5-6,9-12H2,(H2,29,32). The van der Waals surface area contributed by atoms with Gasteiger partial charge in [-0.05, 0) is 80.3 Å². The topological polar surface area (TPSA) is 96.4 Å². The average molecular weight is 466 g/mol. The summed E-state index contributed by atoms with van der Waals surface area (Å²) in [6.45, 7) is 1.68. The molecule has 6 nitrogen and oxygen atoms in total. The van der Waals surface area contributed by atoms with Crippen LogP contribution in [0.4, 0.5) is 5.69 Å². The van der Waals surface area contributed by atoms with Gasteiger partial charge in [-0.15, -0.1) is 0 Å². The van der Waals surface area contributed by atoms with Gasteiger partial charge in [-0.1, -0.05) is 11.6 Å². The molecule has 7 heteroatoms. The number of nitrogens with two attached hydrogens (primary N) is 1. The Morgan fingerprint density at radius 3 is 2.42 bits per heavy atom. The second-order valence-corrected chi connectivity index (χ2v) is 9.35. The van der Waals surface area contributed by atoms with E-state index in [1.165, 1.54) is 0 Å². The zero-order valence-electron chi connectivity index (χ0n) is 18.5. The fraction of sp³-hybridized carbons (Fsp3) is 0.423. The van der Waals surface area contributed by atoms with E-state index >= 15 is 0 Å². The summed E-state index contributed by atoms with van der Waals surface area (Å²) in [5, 5.41) is 9.42. The van der Waals surface area contributed by atoms with Crippen LogP contribution in [0.2, 0.25) is 5.02 Å². The Morgan fingerprint density at radius 2 is 1.82 bits per heavy atom. The van der Waals surface area contributed by atoms with Crippen LogP contribution in [0.25, 0.3) is 0 Å². The number of rotatable bonds is 6. The van der Waals surface area contributed by atoms with Crippen LogP contribution in [0.5, 0.6) is 5.75 Å². The number of hydrogen-bond donors (Lipinski definition) is 1. The summed E-state index contributed by atoms with van der Waals surface area (Å²) in [4.78, 5) is 25.5. The van der Waals surface area contributed by atoms with Gasteiger partial charge in [-0.3, -0.25) is 4.79 Å². The van der Waals surface area contributed by atoms with E-state index in [2.05, 4.69) is 17.0 Å². The van der Waals surface area contributed by atoms with E-state index in [-0.39, 0.29) is 17.9 Å². The average Bonchev–Trinajstić information content (AvgIpc) is 2.84. The first-order chi connectivity index (χ1) is 16.0. The molecule has 1 aliphatic heterocycles. The number of nitriles is 1.